The van der Waals surface area contributed by atoms with Gasteiger partial charge in [0.15, 0.2) is 163 Å². The maximum Gasteiger partial charge on any atom is 0.374 e. The lowest BCUT2D eigenvalue weighted by Gasteiger charge is -2.43. The van der Waals surface area contributed by atoms with Gasteiger partial charge in [0, 0.05) is 34.4 Å². The summed E-state index contributed by atoms with van der Waals surface area (Å²) in [5.41, 5.74) is -16.8. The van der Waals surface area contributed by atoms with Crippen LogP contribution in [0, 0.1) is 0 Å². The van der Waals surface area contributed by atoms with Crippen LogP contribution in [-0.2, 0) is 72.3 Å². The summed E-state index contributed by atoms with van der Waals surface area (Å²) in [5, 5.41) is 293. The van der Waals surface area contributed by atoms with E-state index in [4.69, 9.17) is 77.0 Å². The van der Waals surface area contributed by atoms with E-state index in [2.05, 4.69) is 0 Å². The molecule has 2 saturated heterocycles. The van der Waals surface area contributed by atoms with E-state index in [0.717, 1.165) is 0 Å². The Morgan fingerprint density at radius 2 is 0.567 bits per heavy atom. The number of ether oxygens (including phenoxy) is 8. The lowest BCUT2D eigenvalue weighted by atomic mass is 9.92. The molecule has 666 valence electrons. The van der Waals surface area contributed by atoms with Gasteiger partial charge >= 0.3 is 53.7 Å². The minimum absolute atomic E-state index is 0.0475. The molecule has 27 N–H and O–H groups in total. The van der Waals surface area contributed by atoms with E-state index >= 15 is 9.59 Å². The molecule has 0 amide bonds. The fourth-order valence-corrected chi connectivity index (χ4v) is 12.7. The van der Waals surface area contributed by atoms with Gasteiger partial charge in [0.25, 0.3) is 0 Å². The van der Waals surface area contributed by atoms with Crippen molar-refractivity contribution in [3.63, 3.8) is 0 Å². The van der Waals surface area contributed by atoms with Crippen LogP contribution in [0.3, 0.4) is 0 Å². The molecule has 127 heavy (non-hydrogen) atoms. The van der Waals surface area contributed by atoms with Gasteiger partial charge in [0.2, 0.25) is 46.9 Å². The molecule has 13 rings (SSSR count). The third-order valence-electron chi connectivity index (χ3n) is 18.8. The molecule has 0 saturated carbocycles. The van der Waals surface area contributed by atoms with Crippen molar-refractivity contribution in [3.05, 3.63) is 129 Å². The Balaban J connectivity index is 0.947. The summed E-state index contributed by atoms with van der Waals surface area (Å²) in [6, 6.07) is 4.17. The molecule has 0 bridgehead atoms. The van der Waals surface area contributed by atoms with Crippen LogP contribution in [0.25, 0.3) is 22.3 Å². The van der Waals surface area contributed by atoms with Crippen molar-refractivity contribution < 1.29 is 258 Å². The second kappa shape index (κ2) is 33.5. The quantitative estimate of drug-likeness (QED) is 0.0361. The number of fused-ring (bicyclic) bond motifs is 8. The second-order valence-corrected chi connectivity index (χ2v) is 26.7. The molecular weight excluding hydrogens is 1730 g/mol. The summed E-state index contributed by atoms with van der Waals surface area (Å²) in [4.78, 5) is 172. The highest BCUT2D eigenvalue weighted by atomic mass is 17.2. The Hall–Kier alpha value is -17.5. The van der Waals surface area contributed by atoms with Crippen molar-refractivity contribution in [1.82, 2.24) is 0 Å². The Kier molecular flexibility index (Phi) is 23.0. The number of aliphatic hydroxyl groups is 1. The van der Waals surface area contributed by atoms with E-state index in [0.29, 0.717) is 54.6 Å². The van der Waals surface area contributed by atoms with Crippen LogP contribution < -0.4 is 4.74 Å². The molecule has 0 radical (unpaired) electrons. The standard InChI is InChI=1S/C75H54O52/c76-25-1-16(2-26(77)44(25)88)65(102)117-61-59-38(115-74(111)63(61)119-67(104)18-5-29(80)46(90)30(81)6-18)14-112-124-71(108)21-10-34(85)49(93)54(98)41(21)43-23(73(110)127-122-59)13-37(52(96)56(43)100)114-58-24(12-36(87)51(95)57(58)101)69(106)120-64-62(118-66(103)17-3-27(78)45(89)28(79)4-17)60-39(116-75(64)121-68(105)19-7-31(82)47(91)32(83)8-19)15-113-125-70(107)20-9-33(84)48(92)53(97)40(20)42-22(72(109)126-123-60)11-35(86)50(94)55(42)99/h1-13,38-39,59-64,74-101,111H,14-15H2/t38-,39-,59-,60-,61+,62+,63-,64-,74+,75+/m1/s1. The molecule has 0 aromatic heterocycles. The van der Waals surface area contributed by atoms with Crippen LogP contribution in [-0.4, -0.2) is 266 Å². The fraction of sp³-hybridized carbons (Fsp3) is 0.160. The number of hydrogen-bond donors (Lipinski definition) is 27. The number of hydrogen-bond acceptors (Lipinski definition) is 52. The van der Waals surface area contributed by atoms with Crippen LogP contribution >= 0.6 is 0 Å². The fourth-order valence-electron chi connectivity index (χ4n) is 12.7. The van der Waals surface area contributed by atoms with Crippen molar-refractivity contribution in [1.29, 1.82) is 0 Å². The summed E-state index contributed by atoms with van der Waals surface area (Å²) in [6.45, 7) is -2.97. The number of benzene rings is 9. The first kappa shape index (κ1) is 87.4. The molecule has 10 atom stereocenters. The van der Waals surface area contributed by atoms with E-state index in [1.54, 1.807) is 0 Å². The zero-order valence-corrected chi connectivity index (χ0v) is 62.0. The largest absolute Gasteiger partial charge is 0.504 e. The molecule has 0 unspecified atom stereocenters. The summed E-state index contributed by atoms with van der Waals surface area (Å²) in [6.07, 6.45) is -27.6. The highest BCUT2D eigenvalue weighted by Crippen LogP contribution is 2.58. The monoisotopic (exact) mass is 1790 g/mol. The van der Waals surface area contributed by atoms with Crippen LogP contribution in [0.2, 0.25) is 0 Å². The van der Waals surface area contributed by atoms with Crippen molar-refractivity contribution in [2.45, 2.75) is 61.4 Å². The van der Waals surface area contributed by atoms with Crippen molar-refractivity contribution in [2.24, 2.45) is 0 Å². The summed E-state index contributed by atoms with van der Waals surface area (Å²) >= 11 is 0. The minimum atomic E-state index is -3.12. The van der Waals surface area contributed by atoms with E-state index in [-0.39, 0.29) is 24.3 Å². The molecular formula is C75H54O52. The lowest BCUT2D eigenvalue weighted by molar-refractivity contribution is -0.377. The van der Waals surface area contributed by atoms with Crippen LogP contribution in [0.4, 0.5) is 0 Å². The number of aliphatic hydroxyl groups excluding tert-OH is 1. The Morgan fingerprint density at radius 3 is 0.937 bits per heavy atom. The van der Waals surface area contributed by atoms with Gasteiger partial charge in [-0.1, -0.05) is 0 Å². The van der Waals surface area contributed by atoms with Gasteiger partial charge < -0.3 is 176 Å². The normalized spacial score (nSPS) is 19.9. The van der Waals surface area contributed by atoms with E-state index in [1.165, 1.54) is 0 Å². The van der Waals surface area contributed by atoms with Crippen molar-refractivity contribution in [3.8, 4) is 183 Å². The summed E-state index contributed by atoms with van der Waals surface area (Å²) in [7, 11) is 0. The number of phenolic OH excluding ortho intramolecular Hbond substituents is 26. The maximum absolute atomic E-state index is 15.6. The molecule has 9 aromatic carbocycles. The maximum atomic E-state index is 15.6. The number of phenols is 26. The number of carbonyl (C=O) groups is 9. The van der Waals surface area contributed by atoms with Gasteiger partial charge in [-0.2, -0.15) is 19.6 Å². The molecule has 4 aliphatic heterocycles. The third-order valence-corrected chi connectivity index (χ3v) is 18.8. The van der Waals surface area contributed by atoms with Gasteiger partial charge in [-0.25, -0.2) is 43.2 Å². The average Bonchev–Trinajstić information content (AvgIpc) is 1.28. The minimum Gasteiger partial charge on any atom is -0.504 e. The number of esters is 5. The highest BCUT2D eigenvalue weighted by Gasteiger charge is 2.57. The van der Waals surface area contributed by atoms with Crippen molar-refractivity contribution in [2.75, 3.05) is 13.2 Å². The van der Waals surface area contributed by atoms with Gasteiger partial charge in [0.05, 0.1) is 44.5 Å². The highest BCUT2D eigenvalue weighted by molar-refractivity contribution is 6.10. The first-order valence-electron chi connectivity index (χ1n) is 34.7. The number of aromatic hydroxyl groups is 26. The van der Waals surface area contributed by atoms with Crippen LogP contribution in [0.5, 0.6) is 161 Å². The lowest BCUT2D eigenvalue weighted by Crippen LogP contribution is -2.63. The second-order valence-electron chi connectivity index (χ2n) is 26.7. The molecule has 2 fully saturated rings. The van der Waals surface area contributed by atoms with E-state index < -0.39 is 362 Å². The van der Waals surface area contributed by atoms with Gasteiger partial charge in [-0.15, -0.1) is 0 Å². The zero-order valence-electron chi connectivity index (χ0n) is 62.0. The predicted octanol–water partition coefficient (Wildman–Crippen LogP) is 2.48. The Labute approximate surface area is 696 Å². The van der Waals surface area contributed by atoms with Crippen LogP contribution in [0.1, 0.15) is 93.2 Å². The SMILES string of the molecule is O=C(O[C@@H]1O[C@@H]2COOC(=O)c3cc(O)c(O)c(O)c3-c3c(cc(O)c(O)c3O)C(=O)OO[C@H]2[C@H](OC(=O)c2cc(O)c(O)c(O)c2)[C@H]1OC(=O)c1cc(O)c(O)c(O)c1Oc1cc2c(c(O)c1O)-c1c(cc(O)c(O)c1O)C(=O)OOC[C@H]1O[C@H](O)[C@H](OC(=O)c3cc(O)c(O)c(O)c3)[C@@H](OC(=O)c3cc(O)c(O)c(O)c3)[C@@H]1OOC2=O)c1cc(O)c(O)c(O)c1. The number of carbonyl (C=O) groups excluding carboxylic acids is 9. The average molecular weight is 1790 g/mol. The van der Waals surface area contributed by atoms with E-state index in [9.17, 15) is 171 Å². The molecule has 9 aromatic rings. The third kappa shape index (κ3) is 16.1. The van der Waals surface area contributed by atoms with Crippen LogP contribution in [0.15, 0.2) is 78.9 Å². The van der Waals surface area contributed by atoms with Gasteiger partial charge in [-0.3, -0.25) is 19.6 Å². The molecule has 4 aliphatic rings. The zero-order chi connectivity index (χ0) is 92.6. The first-order chi connectivity index (χ1) is 59.9. The Bertz CT molecular complexity index is 6060. The molecule has 4 heterocycles. The first-order valence-corrected chi connectivity index (χ1v) is 34.7. The smallest absolute Gasteiger partial charge is 0.374 e. The van der Waals surface area contributed by atoms with Gasteiger partial charge in [0.1, 0.15) is 31.0 Å². The van der Waals surface area contributed by atoms with Gasteiger partial charge in [-0.05, 0) is 66.7 Å². The molecule has 52 nitrogen and oxygen atoms in total. The molecule has 0 aliphatic carbocycles. The van der Waals surface area contributed by atoms with Crippen molar-refractivity contribution >= 4 is 53.7 Å². The predicted molar refractivity (Wildman–Crippen MR) is 384 cm³/mol. The van der Waals surface area contributed by atoms with E-state index in [1.807, 2.05) is 0 Å². The Morgan fingerprint density at radius 1 is 0.283 bits per heavy atom. The summed E-state index contributed by atoms with van der Waals surface area (Å²) < 4.78 is 45.1. The molecule has 0 spiro atoms. The topological polar surface area (TPSA) is 848 Å². The summed E-state index contributed by atoms with van der Waals surface area (Å²) in [5.74, 6) is -60.1. The molecule has 52 heteroatoms. The number of rotatable bonds is 12.